The molecule has 0 amide bonds. The molecule has 0 aliphatic carbocycles. The fourth-order valence-corrected chi connectivity index (χ4v) is 3.20. The van der Waals surface area contributed by atoms with Crippen LogP contribution in [0.5, 0.6) is 11.5 Å². The van der Waals surface area contributed by atoms with Crippen molar-refractivity contribution in [2.24, 2.45) is 12.0 Å². The number of hydrogen-bond donors (Lipinski definition) is 2. The first kappa shape index (κ1) is 25.1. The summed E-state index contributed by atoms with van der Waals surface area (Å²) < 4.78 is 13.3. The lowest BCUT2D eigenvalue weighted by Crippen LogP contribution is -2.41. The first-order valence-corrected chi connectivity index (χ1v) is 9.81. The first-order chi connectivity index (χ1) is 13.5. The monoisotopic (exact) mass is 515 g/mol. The van der Waals surface area contributed by atoms with Gasteiger partial charge < -0.3 is 20.1 Å². The zero-order chi connectivity index (χ0) is 20.5. The Morgan fingerprint density at radius 3 is 2.45 bits per heavy atom. The number of benzene rings is 1. The van der Waals surface area contributed by atoms with Crippen LogP contribution >= 0.6 is 24.0 Å². The molecule has 162 valence electrons. The second-order valence-corrected chi connectivity index (χ2v) is 6.59. The molecule has 29 heavy (non-hydrogen) atoms. The summed E-state index contributed by atoms with van der Waals surface area (Å²) >= 11 is 0. The molecule has 1 heterocycles. The van der Waals surface area contributed by atoms with Crippen molar-refractivity contribution in [1.29, 1.82) is 0 Å². The summed E-state index contributed by atoms with van der Waals surface area (Å²) in [4.78, 5) is 4.32. The number of methoxy groups -OCH3 is 1. The minimum atomic E-state index is -0.0503. The van der Waals surface area contributed by atoms with Crippen LogP contribution in [0.25, 0.3) is 0 Å². The Kier molecular flexibility index (Phi) is 10.9. The van der Waals surface area contributed by atoms with Crippen LogP contribution in [-0.4, -0.2) is 42.5 Å². The summed E-state index contributed by atoms with van der Waals surface area (Å²) in [5.74, 6) is 2.20. The average molecular weight is 515 g/mol. The van der Waals surface area contributed by atoms with E-state index in [0.29, 0.717) is 13.1 Å². The Bertz CT molecular complexity index is 791. The minimum absolute atomic E-state index is 0. The molecule has 1 unspecified atom stereocenters. The molecular formula is C21H34IN5O2. The van der Waals surface area contributed by atoms with Crippen molar-refractivity contribution in [1.82, 2.24) is 20.4 Å². The largest absolute Gasteiger partial charge is 0.493 e. The molecule has 0 aliphatic rings. The third-order valence-electron chi connectivity index (χ3n) is 4.64. The lowest BCUT2D eigenvalue weighted by atomic mass is 10.1. The average Bonchev–Trinajstić information content (AvgIpc) is 3.02. The van der Waals surface area contributed by atoms with Gasteiger partial charge in [-0.2, -0.15) is 5.10 Å². The maximum absolute atomic E-state index is 5.99. The van der Waals surface area contributed by atoms with Crippen LogP contribution in [0.2, 0.25) is 0 Å². The molecule has 0 saturated heterocycles. The molecular weight excluding hydrogens is 481 g/mol. The fourth-order valence-electron chi connectivity index (χ4n) is 3.20. The van der Waals surface area contributed by atoms with Crippen LogP contribution in [-0.2, 0) is 26.4 Å². The summed E-state index contributed by atoms with van der Waals surface area (Å²) in [6.07, 6.45) is 1.82. The number of aliphatic imine (C=N–C) groups is 1. The van der Waals surface area contributed by atoms with E-state index in [1.807, 2.05) is 42.9 Å². The first-order valence-electron chi connectivity index (χ1n) is 9.81. The van der Waals surface area contributed by atoms with E-state index in [2.05, 4.69) is 34.6 Å². The summed E-state index contributed by atoms with van der Waals surface area (Å²) in [6.45, 7) is 7.62. The van der Waals surface area contributed by atoms with E-state index in [-0.39, 0.29) is 30.1 Å². The van der Waals surface area contributed by atoms with Crippen LogP contribution in [0.4, 0.5) is 0 Å². The van der Waals surface area contributed by atoms with E-state index in [4.69, 9.17) is 9.47 Å². The highest BCUT2D eigenvalue weighted by atomic mass is 127. The molecule has 0 bridgehead atoms. The van der Waals surface area contributed by atoms with Gasteiger partial charge in [0, 0.05) is 31.9 Å². The Balaban J connectivity index is 0.00000420. The molecule has 0 radical (unpaired) electrons. The number of nitrogens with one attached hydrogen (secondary N) is 2. The molecule has 7 nitrogen and oxygen atoms in total. The quantitative estimate of drug-likeness (QED) is 0.305. The van der Waals surface area contributed by atoms with E-state index >= 15 is 0 Å². The number of para-hydroxylation sites is 2. The maximum Gasteiger partial charge on any atom is 0.191 e. The normalized spacial score (nSPS) is 12.1. The molecule has 0 saturated carbocycles. The molecule has 1 aromatic carbocycles. The number of rotatable bonds is 9. The molecule has 8 heteroatoms. The number of halogens is 1. The molecule has 2 rings (SSSR count). The van der Waals surface area contributed by atoms with Crippen molar-refractivity contribution in [2.75, 3.05) is 20.7 Å². The van der Waals surface area contributed by atoms with Crippen LogP contribution < -0.4 is 20.1 Å². The van der Waals surface area contributed by atoms with Crippen molar-refractivity contribution in [3.8, 4) is 11.5 Å². The zero-order valence-corrected chi connectivity index (χ0v) is 20.6. The predicted octanol–water partition coefficient (Wildman–Crippen LogP) is 3.30. The number of nitrogens with zero attached hydrogens (tertiary/aromatic N) is 3. The van der Waals surface area contributed by atoms with Gasteiger partial charge >= 0.3 is 0 Å². The van der Waals surface area contributed by atoms with Crippen LogP contribution in [0, 0.1) is 0 Å². The maximum atomic E-state index is 5.99. The highest BCUT2D eigenvalue weighted by Crippen LogP contribution is 2.26. The van der Waals surface area contributed by atoms with Crippen molar-refractivity contribution >= 4 is 29.9 Å². The molecule has 0 fully saturated rings. The van der Waals surface area contributed by atoms with E-state index in [0.717, 1.165) is 36.0 Å². The van der Waals surface area contributed by atoms with E-state index in [1.54, 1.807) is 14.2 Å². The SMILES string of the molecule is CCc1nn(C)c(CC)c1CNC(=NC)NCC(C)Oc1ccccc1OC.I. The highest BCUT2D eigenvalue weighted by Gasteiger charge is 2.14. The van der Waals surface area contributed by atoms with Gasteiger partial charge in [0.05, 0.1) is 19.3 Å². The van der Waals surface area contributed by atoms with Gasteiger partial charge in [-0.25, -0.2) is 0 Å². The Morgan fingerprint density at radius 2 is 1.86 bits per heavy atom. The number of aromatic nitrogens is 2. The summed E-state index contributed by atoms with van der Waals surface area (Å²) in [5.41, 5.74) is 3.65. The second kappa shape index (κ2) is 12.6. The minimum Gasteiger partial charge on any atom is -0.493 e. The number of hydrogen-bond acceptors (Lipinski definition) is 4. The van der Waals surface area contributed by atoms with Gasteiger partial charge in [-0.3, -0.25) is 9.67 Å². The van der Waals surface area contributed by atoms with E-state index in [9.17, 15) is 0 Å². The second-order valence-electron chi connectivity index (χ2n) is 6.59. The molecule has 0 aliphatic heterocycles. The van der Waals surface area contributed by atoms with Gasteiger partial charge in [-0.1, -0.05) is 26.0 Å². The highest BCUT2D eigenvalue weighted by molar-refractivity contribution is 14.0. The fraction of sp³-hybridized carbons (Fsp3) is 0.524. The zero-order valence-electron chi connectivity index (χ0n) is 18.3. The number of guanidine groups is 1. The van der Waals surface area contributed by atoms with Crippen molar-refractivity contribution in [3.05, 3.63) is 41.2 Å². The third-order valence-corrected chi connectivity index (χ3v) is 4.64. The van der Waals surface area contributed by atoms with Gasteiger partial charge in [0.2, 0.25) is 0 Å². The standard InChI is InChI=1S/C21H33N5O2.HI/c1-7-17-16(18(8-2)26(5)25-17)14-24-21(22-4)23-13-15(3)28-20-12-10-9-11-19(20)27-6;/h9-12,15H,7-8,13-14H2,1-6H3,(H2,22,23,24);1H. The van der Waals surface area contributed by atoms with Crippen molar-refractivity contribution in [2.45, 2.75) is 46.3 Å². The van der Waals surface area contributed by atoms with Gasteiger partial charge in [-0.05, 0) is 31.9 Å². The summed E-state index contributed by atoms with van der Waals surface area (Å²) in [6, 6.07) is 7.65. The topological polar surface area (TPSA) is 72.7 Å². The van der Waals surface area contributed by atoms with E-state index < -0.39 is 0 Å². The Labute approximate surface area is 191 Å². The predicted molar refractivity (Wildman–Crippen MR) is 129 cm³/mol. The summed E-state index contributed by atoms with van der Waals surface area (Å²) in [5, 5.41) is 11.3. The Hall–Kier alpha value is -1.97. The van der Waals surface area contributed by atoms with Crippen LogP contribution in [0.15, 0.2) is 29.3 Å². The van der Waals surface area contributed by atoms with Gasteiger partial charge in [-0.15, -0.1) is 24.0 Å². The van der Waals surface area contributed by atoms with Gasteiger partial charge in [0.1, 0.15) is 6.10 Å². The number of aryl methyl sites for hydroxylation is 2. The molecule has 1 atom stereocenters. The summed E-state index contributed by atoms with van der Waals surface area (Å²) in [7, 11) is 5.42. The van der Waals surface area contributed by atoms with Crippen LogP contribution in [0.3, 0.4) is 0 Å². The molecule has 2 aromatic rings. The van der Waals surface area contributed by atoms with Crippen molar-refractivity contribution < 1.29 is 9.47 Å². The van der Waals surface area contributed by atoms with Crippen molar-refractivity contribution in [3.63, 3.8) is 0 Å². The van der Waals surface area contributed by atoms with Gasteiger partial charge in [0.15, 0.2) is 17.5 Å². The number of ether oxygens (including phenoxy) is 2. The molecule has 2 N–H and O–H groups in total. The molecule has 1 aromatic heterocycles. The van der Waals surface area contributed by atoms with E-state index in [1.165, 1.54) is 11.3 Å². The Morgan fingerprint density at radius 1 is 1.17 bits per heavy atom. The lowest BCUT2D eigenvalue weighted by molar-refractivity contribution is 0.213. The van der Waals surface area contributed by atoms with Gasteiger partial charge in [0.25, 0.3) is 0 Å². The molecule has 0 spiro atoms. The third kappa shape index (κ3) is 6.80. The smallest absolute Gasteiger partial charge is 0.191 e. The lowest BCUT2D eigenvalue weighted by Gasteiger charge is -2.19. The van der Waals surface area contributed by atoms with Crippen LogP contribution in [0.1, 0.15) is 37.7 Å².